The molecule has 0 aliphatic heterocycles. The highest BCUT2D eigenvalue weighted by Crippen LogP contribution is 2.35. The molecule has 0 radical (unpaired) electrons. The molecule has 0 heterocycles. The van der Waals surface area contributed by atoms with Crippen molar-refractivity contribution in [2.24, 2.45) is 0 Å². The molecule has 0 saturated carbocycles. The van der Waals surface area contributed by atoms with Crippen molar-refractivity contribution in [1.29, 1.82) is 0 Å². The molecule has 0 saturated heterocycles. The lowest BCUT2D eigenvalue weighted by Crippen LogP contribution is -2.25. The van der Waals surface area contributed by atoms with Crippen LogP contribution < -0.4 is 5.32 Å². The van der Waals surface area contributed by atoms with Crippen LogP contribution in [0.4, 0.5) is 13.2 Å². The van der Waals surface area contributed by atoms with Crippen LogP contribution in [-0.4, -0.2) is 6.54 Å². The highest BCUT2D eigenvalue weighted by atomic mass is 79.9. The van der Waals surface area contributed by atoms with Crippen LogP contribution >= 0.6 is 31.9 Å². The second-order valence-electron chi connectivity index (χ2n) is 4.38. The summed E-state index contributed by atoms with van der Waals surface area (Å²) in [6.07, 6.45) is 0. The van der Waals surface area contributed by atoms with E-state index < -0.39 is 23.5 Å². The molecular formula is C15H12Br2F3N. The van der Waals surface area contributed by atoms with Crippen LogP contribution in [0.5, 0.6) is 0 Å². The molecule has 21 heavy (non-hydrogen) atoms. The predicted octanol–water partition coefficient (Wildman–Crippen LogP) is 5.33. The maximum absolute atomic E-state index is 14.3. The first-order valence-corrected chi connectivity index (χ1v) is 7.86. The molecule has 0 aliphatic rings. The van der Waals surface area contributed by atoms with Gasteiger partial charge in [0, 0.05) is 15.6 Å². The van der Waals surface area contributed by atoms with Crippen molar-refractivity contribution >= 4 is 31.9 Å². The summed E-state index contributed by atoms with van der Waals surface area (Å²) >= 11 is 6.28. The van der Waals surface area contributed by atoms with Gasteiger partial charge >= 0.3 is 0 Å². The zero-order valence-corrected chi connectivity index (χ0v) is 14.2. The molecule has 112 valence electrons. The summed E-state index contributed by atoms with van der Waals surface area (Å²) < 4.78 is 43.2. The Morgan fingerprint density at radius 1 is 0.952 bits per heavy atom. The summed E-state index contributed by atoms with van der Waals surface area (Å²) in [6, 6.07) is 5.94. The number of hydrogen-bond acceptors (Lipinski definition) is 1. The Labute approximate surface area is 137 Å². The van der Waals surface area contributed by atoms with E-state index in [1.165, 1.54) is 18.2 Å². The summed E-state index contributed by atoms with van der Waals surface area (Å²) in [4.78, 5) is 0. The molecule has 1 nitrogen and oxygen atoms in total. The van der Waals surface area contributed by atoms with E-state index in [2.05, 4.69) is 37.2 Å². The second kappa shape index (κ2) is 6.94. The molecule has 2 aromatic rings. The minimum Gasteiger partial charge on any atom is -0.306 e. The van der Waals surface area contributed by atoms with Gasteiger partial charge < -0.3 is 5.32 Å². The number of benzene rings is 2. The average molecular weight is 423 g/mol. The van der Waals surface area contributed by atoms with Crippen LogP contribution in [0, 0.1) is 17.5 Å². The van der Waals surface area contributed by atoms with Gasteiger partial charge in [-0.1, -0.05) is 28.9 Å². The Morgan fingerprint density at radius 3 is 2.24 bits per heavy atom. The van der Waals surface area contributed by atoms with Crippen molar-refractivity contribution in [2.75, 3.05) is 6.54 Å². The van der Waals surface area contributed by atoms with Gasteiger partial charge in [-0.3, -0.25) is 0 Å². The Hall–Kier alpha value is -0.850. The van der Waals surface area contributed by atoms with Crippen molar-refractivity contribution in [2.45, 2.75) is 13.0 Å². The van der Waals surface area contributed by atoms with Gasteiger partial charge in [-0.25, -0.2) is 13.2 Å². The van der Waals surface area contributed by atoms with E-state index in [1.54, 1.807) is 13.0 Å². The molecule has 0 amide bonds. The molecular weight excluding hydrogens is 411 g/mol. The van der Waals surface area contributed by atoms with Gasteiger partial charge in [0.1, 0.15) is 17.5 Å². The average Bonchev–Trinajstić information content (AvgIpc) is 2.43. The molecule has 2 rings (SSSR count). The summed E-state index contributed by atoms with van der Waals surface area (Å²) in [7, 11) is 0. The van der Waals surface area contributed by atoms with Gasteiger partial charge in [-0.05, 0) is 46.7 Å². The fourth-order valence-electron chi connectivity index (χ4n) is 2.15. The highest BCUT2D eigenvalue weighted by Gasteiger charge is 2.26. The SMILES string of the molecule is CCNC(c1c(F)cccc1Br)c1c(F)ccc(Br)c1F. The smallest absolute Gasteiger partial charge is 0.145 e. The number of hydrogen-bond donors (Lipinski definition) is 1. The maximum atomic E-state index is 14.3. The molecule has 1 N–H and O–H groups in total. The zero-order chi connectivity index (χ0) is 15.6. The van der Waals surface area contributed by atoms with Crippen LogP contribution in [-0.2, 0) is 0 Å². The lowest BCUT2D eigenvalue weighted by atomic mass is 9.97. The fourth-order valence-corrected chi connectivity index (χ4v) is 3.06. The topological polar surface area (TPSA) is 12.0 Å². The van der Waals surface area contributed by atoms with Crippen LogP contribution in [0.3, 0.4) is 0 Å². The van der Waals surface area contributed by atoms with Gasteiger partial charge in [-0.15, -0.1) is 0 Å². The highest BCUT2D eigenvalue weighted by molar-refractivity contribution is 9.10. The number of nitrogens with one attached hydrogen (secondary N) is 1. The lowest BCUT2D eigenvalue weighted by Gasteiger charge is -2.22. The van der Waals surface area contributed by atoms with Crippen LogP contribution in [0.15, 0.2) is 39.3 Å². The maximum Gasteiger partial charge on any atom is 0.145 e. The minimum absolute atomic E-state index is 0.134. The Balaban J connectivity index is 2.68. The molecule has 0 aromatic heterocycles. The Bertz CT molecular complexity index is 641. The Kier molecular flexibility index (Phi) is 5.46. The van der Waals surface area contributed by atoms with Gasteiger partial charge in [0.05, 0.1) is 10.5 Å². The minimum atomic E-state index is -0.928. The van der Waals surface area contributed by atoms with E-state index in [0.29, 0.717) is 11.0 Å². The molecule has 0 aliphatic carbocycles. The van der Waals surface area contributed by atoms with Crippen LogP contribution in [0.25, 0.3) is 0 Å². The lowest BCUT2D eigenvalue weighted by molar-refractivity contribution is 0.492. The van der Waals surface area contributed by atoms with E-state index in [-0.39, 0.29) is 15.6 Å². The third-order valence-electron chi connectivity index (χ3n) is 3.06. The number of rotatable bonds is 4. The summed E-state index contributed by atoms with van der Waals surface area (Å²) in [5, 5.41) is 2.93. The van der Waals surface area contributed by atoms with Crippen molar-refractivity contribution in [3.05, 3.63) is 67.9 Å². The van der Waals surface area contributed by atoms with Gasteiger partial charge in [0.15, 0.2) is 0 Å². The monoisotopic (exact) mass is 421 g/mol. The fraction of sp³-hybridized carbons (Fsp3) is 0.200. The molecule has 0 spiro atoms. The van der Waals surface area contributed by atoms with E-state index in [9.17, 15) is 13.2 Å². The Morgan fingerprint density at radius 2 is 1.62 bits per heavy atom. The van der Waals surface area contributed by atoms with Gasteiger partial charge in [-0.2, -0.15) is 0 Å². The van der Waals surface area contributed by atoms with Crippen molar-refractivity contribution in [3.63, 3.8) is 0 Å². The van der Waals surface area contributed by atoms with E-state index in [1.807, 2.05) is 0 Å². The van der Waals surface area contributed by atoms with Crippen LogP contribution in [0.2, 0.25) is 0 Å². The molecule has 0 fully saturated rings. The standard InChI is InChI=1S/C15H12Br2F3N/c1-2-21-15(12-8(16)4-3-5-10(12)18)13-11(19)7-6-9(17)14(13)20/h3-7,15,21H,2H2,1H3. The normalized spacial score (nSPS) is 12.5. The molecule has 2 aromatic carbocycles. The molecule has 1 atom stereocenters. The third-order valence-corrected chi connectivity index (χ3v) is 4.37. The zero-order valence-electron chi connectivity index (χ0n) is 11.1. The largest absolute Gasteiger partial charge is 0.306 e. The molecule has 1 unspecified atom stereocenters. The first-order chi connectivity index (χ1) is 9.97. The quantitative estimate of drug-likeness (QED) is 0.656. The second-order valence-corrected chi connectivity index (χ2v) is 6.09. The predicted molar refractivity (Wildman–Crippen MR) is 83.7 cm³/mol. The van der Waals surface area contributed by atoms with Crippen molar-refractivity contribution in [1.82, 2.24) is 5.32 Å². The summed E-state index contributed by atoms with van der Waals surface area (Å²) in [6.45, 7) is 2.21. The van der Waals surface area contributed by atoms with Gasteiger partial charge in [0.25, 0.3) is 0 Å². The van der Waals surface area contributed by atoms with E-state index in [0.717, 1.165) is 6.07 Å². The first kappa shape index (κ1) is 16.5. The first-order valence-electron chi connectivity index (χ1n) is 6.28. The number of halogens is 5. The van der Waals surface area contributed by atoms with E-state index >= 15 is 0 Å². The van der Waals surface area contributed by atoms with Gasteiger partial charge in [0.2, 0.25) is 0 Å². The van der Waals surface area contributed by atoms with Crippen molar-refractivity contribution in [3.8, 4) is 0 Å². The molecule has 0 bridgehead atoms. The summed E-state index contributed by atoms with van der Waals surface area (Å²) in [5.41, 5.74) is -0.0349. The van der Waals surface area contributed by atoms with E-state index in [4.69, 9.17) is 0 Å². The summed E-state index contributed by atoms with van der Waals surface area (Å²) in [5.74, 6) is -2.00. The van der Waals surface area contributed by atoms with Crippen molar-refractivity contribution < 1.29 is 13.2 Å². The third kappa shape index (κ3) is 3.33. The molecule has 6 heteroatoms. The van der Waals surface area contributed by atoms with Crippen LogP contribution in [0.1, 0.15) is 24.1 Å².